The molecule has 1 aliphatic rings. The van der Waals surface area contributed by atoms with Crippen molar-refractivity contribution in [2.75, 3.05) is 25.4 Å². The first kappa shape index (κ1) is 9.52. The van der Waals surface area contributed by atoms with Crippen LogP contribution in [0.25, 0.3) is 0 Å². The third-order valence-corrected chi connectivity index (χ3v) is 2.91. The Kier molecular flexibility index (Phi) is 2.72. The van der Waals surface area contributed by atoms with Crippen LogP contribution >= 0.6 is 0 Å². The smallest absolute Gasteiger partial charge is 0.200 e. The highest BCUT2D eigenvalue weighted by Gasteiger charge is 2.17. The van der Waals surface area contributed by atoms with Crippen molar-refractivity contribution in [1.29, 1.82) is 0 Å². The Hall–Kier alpha value is -1.03. The first-order chi connectivity index (χ1) is 6.75. The van der Waals surface area contributed by atoms with Crippen molar-refractivity contribution in [1.82, 2.24) is 14.5 Å². The van der Waals surface area contributed by atoms with Crippen LogP contribution in [0.5, 0.6) is 0 Å². The lowest BCUT2D eigenvalue weighted by atomic mass is 10.2. The number of nitrogens with zero attached hydrogens (tertiary/aromatic N) is 3. The Morgan fingerprint density at radius 1 is 1.57 bits per heavy atom. The van der Waals surface area contributed by atoms with Crippen LogP contribution in [0, 0.1) is 5.92 Å². The van der Waals surface area contributed by atoms with E-state index in [1.165, 1.54) is 19.5 Å². The molecule has 2 N–H and O–H groups in total. The van der Waals surface area contributed by atoms with E-state index in [0.717, 1.165) is 19.0 Å². The zero-order valence-electron chi connectivity index (χ0n) is 8.69. The van der Waals surface area contributed by atoms with Crippen LogP contribution in [-0.2, 0) is 6.54 Å². The van der Waals surface area contributed by atoms with Crippen molar-refractivity contribution in [2.45, 2.75) is 19.9 Å². The van der Waals surface area contributed by atoms with E-state index in [1.807, 2.05) is 10.8 Å². The molecule has 0 saturated carbocycles. The summed E-state index contributed by atoms with van der Waals surface area (Å²) in [5, 5.41) is 0. The Labute approximate surface area is 84.7 Å². The quantitative estimate of drug-likeness (QED) is 0.774. The van der Waals surface area contributed by atoms with Gasteiger partial charge in [-0.15, -0.1) is 0 Å². The summed E-state index contributed by atoms with van der Waals surface area (Å²) in [7, 11) is 0. The van der Waals surface area contributed by atoms with Crippen molar-refractivity contribution in [3.05, 3.63) is 12.4 Å². The Balaban J connectivity index is 1.80. The maximum Gasteiger partial charge on any atom is 0.200 e. The van der Waals surface area contributed by atoms with Crippen LogP contribution in [0.15, 0.2) is 12.4 Å². The molecule has 14 heavy (non-hydrogen) atoms. The molecule has 0 aliphatic carbocycles. The monoisotopic (exact) mass is 194 g/mol. The first-order valence-electron chi connectivity index (χ1n) is 5.24. The fourth-order valence-corrected chi connectivity index (χ4v) is 2.01. The predicted molar refractivity (Wildman–Crippen MR) is 56.9 cm³/mol. The van der Waals surface area contributed by atoms with E-state index in [4.69, 9.17) is 5.73 Å². The van der Waals surface area contributed by atoms with E-state index in [9.17, 15) is 0 Å². The fraction of sp³-hybridized carbons (Fsp3) is 0.700. The number of rotatable bonds is 3. The van der Waals surface area contributed by atoms with Crippen LogP contribution in [0.1, 0.15) is 13.3 Å². The van der Waals surface area contributed by atoms with Gasteiger partial charge in [-0.3, -0.25) is 0 Å². The van der Waals surface area contributed by atoms with E-state index in [2.05, 4.69) is 16.8 Å². The van der Waals surface area contributed by atoms with E-state index in [-0.39, 0.29) is 0 Å². The number of nitrogen functional groups attached to an aromatic ring is 1. The SMILES string of the molecule is CC1CCN(CCn2ccnc2N)C1. The highest BCUT2D eigenvalue weighted by molar-refractivity contribution is 5.16. The zero-order chi connectivity index (χ0) is 9.97. The van der Waals surface area contributed by atoms with Gasteiger partial charge in [0, 0.05) is 32.0 Å². The normalized spacial score (nSPS) is 23.1. The largest absolute Gasteiger partial charge is 0.369 e. The van der Waals surface area contributed by atoms with Crippen LogP contribution in [0.3, 0.4) is 0 Å². The molecule has 1 unspecified atom stereocenters. The minimum atomic E-state index is 0.622. The van der Waals surface area contributed by atoms with E-state index >= 15 is 0 Å². The number of aromatic nitrogens is 2. The molecule has 0 amide bonds. The number of anilines is 1. The van der Waals surface area contributed by atoms with Gasteiger partial charge < -0.3 is 15.2 Å². The molecule has 2 rings (SSSR count). The molecule has 1 saturated heterocycles. The van der Waals surface area contributed by atoms with E-state index < -0.39 is 0 Å². The maximum absolute atomic E-state index is 5.69. The van der Waals surface area contributed by atoms with Crippen LogP contribution in [0.4, 0.5) is 5.95 Å². The van der Waals surface area contributed by atoms with Gasteiger partial charge in [-0.1, -0.05) is 6.92 Å². The second kappa shape index (κ2) is 4.00. The highest BCUT2D eigenvalue weighted by atomic mass is 15.2. The number of nitrogens with two attached hydrogens (primary N) is 1. The predicted octanol–water partition coefficient (Wildman–Crippen LogP) is 0.807. The molecular formula is C10H18N4. The molecule has 0 spiro atoms. The number of hydrogen-bond acceptors (Lipinski definition) is 3. The molecule has 1 aromatic rings. The van der Waals surface area contributed by atoms with Crippen molar-refractivity contribution in [3.8, 4) is 0 Å². The molecule has 4 heteroatoms. The van der Waals surface area contributed by atoms with Gasteiger partial charge in [0.1, 0.15) is 0 Å². The van der Waals surface area contributed by atoms with Crippen LogP contribution in [-0.4, -0.2) is 34.1 Å². The van der Waals surface area contributed by atoms with Gasteiger partial charge in [-0.2, -0.15) is 0 Å². The van der Waals surface area contributed by atoms with Crippen molar-refractivity contribution in [3.63, 3.8) is 0 Å². The van der Waals surface area contributed by atoms with Gasteiger partial charge in [0.05, 0.1) is 0 Å². The lowest BCUT2D eigenvalue weighted by Crippen LogP contribution is -2.25. The highest BCUT2D eigenvalue weighted by Crippen LogP contribution is 2.14. The van der Waals surface area contributed by atoms with Gasteiger partial charge in [0.25, 0.3) is 0 Å². The van der Waals surface area contributed by atoms with Gasteiger partial charge >= 0.3 is 0 Å². The van der Waals surface area contributed by atoms with Crippen LogP contribution in [0.2, 0.25) is 0 Å². The zero-order valence-corrected chi connectivity index (χ0v) is 8.69. The Morgan fingerprint density at radius 2 is 2.43 bits per heavy atom. The molecule has 1 aromatic heterocycles. The molecule has 78 valence electrons. The molecule has 2 heterocycles. The molecule has 4 nitrogen and oxygen atoms in total. The van der Waals surface area contributed by atoms with Crippen molar-refractivity contribution >= 4 is 5.95 Å². The third kappa shape index (κ3) is 2.07. The molecule has 1 atom stereocenters. The molecule has 1 aliphatic heterocycles. The van der Waals surface area contributed by atoms with Gasteiger partial charge in [0.15, 0.2) is 5.95 Å². The molecule has 1 fully saturated rings. The summed E-state index contributed by atoms with van der Waals surface area (Å²) in [5.74, 6) is 1.48. The fourth-order valence-electron chi connectivity index (χ4n) is 2.01. The van der Waals surface area contributed by atoms with E-state index in [1.54, 1.807) is 6.20 Å². The average Bonchev–Trinajstić information content (AvgIpc) is 2.72. The molecule has 0 radical (unpaired) electrons. The minimum Gasteiger partial charge on any atom is -0.369 e. The van der Waals surface area contributed by atoms with Gasteiger partial charge in [-0.05, 0) is 18.9 Å². The number of likely N-dealkylation sites (tertiary alicyclic amines) is 1. The van der Waals surface area contributed by atoms with Crippen molar-refractivity contribution in [2.24, 2.45) is 5.92 Å². The summed E-state index contributed by atoms with van der Waals surface area (Å²) in [5.41, 5.74) is 5.69. The molecular weight excluding hydrogens is 176 g/mol. The topological polar surface area (TPSA) is 47.1 Å². The molecule has 0 aromatic carbocycles. The second-order valence-electron chi connectivity index (χ2n) is 4.17. The Bertz CT molecular complexity index is 294. The first-order valence-corrected chi connectivity index (χ1v) is 5.24. The lowest BCUT2D eigenvalue weighted by Gasteiger charge is -2.15. The minimum absolute atomic E-state index is 0.622. The summed E-state index contributed by atoms with van der Waals surface area (Å²) >= 11 is 0. The summed E-state index contributed by atoms with van der Waals surface area (Å²) in [4.78, 5) is 6.49. The van der Waals surface area contributed by atoms with Crippen LogP contribution < -0.4 is 5.73 Å². The number of hydrogen-bond donors (Lipinski definition) is 1. The third-order valence-electron chi connectivity index (χ3n) is 2.91. The summed E-state index contributed by atoms with van der Waals surface area (Å²) in [6.45, 7) is 6.82. The average molecular weight is 194 g/mol. The lowest BCUT2D eigenvalue weighted by molar-refractivity contribution is 0.313. The van der Waals surface area contributed by atoms with E-state index in [0.29, 0.717) is 5.95 Å². The summed E-state index contributed by atoms with van der Waals surface area (Å²) in [6.07, 6.45) is 5.02. The second-order valence-corrected chi connectivity index (χ2v) is 4.17. The summed E-state index contributed by atoms with van der Waals surface area (Å²) in [6, 6.07) is 0. The standard InChI is InChI=1S/C10H18N4/c1-9-2-4-13(8-9)6-7-14-5-3-12-10(14)11/h3,5,9H,2,4,6-8H2,1H3,(H2,11,12). The Morgan fingerprint density at radius 3 is 3.00 bits per heavy atom. The van der Waals surface area contributed by atoms with Gasteiger partial charge in [0.2, 0.25) is 0 Å². The number of imidazole rings is 1. The molecule has 0 bridgehead atoms. The maximum atomic E-state index is 5.69. The van der Waals surface area contributed by atoms with Gasteiger partial charge in [-0.25, -0.2) is 4.98 Å². The van der Waals surface area contributed by atoms with Crippen molar-refractivity contribution < 1.29 is 0 Å². The summed E-state index contributed by atoms with van der Waals surface area (Å²) < 4.78 is 2.00.